The van der Waals surface area contributed by atoms with Crippen LogP contribution in [0.1, 0.15) is 31.7 Å². The third-order valence-electron chi connectivity index (χ3n) is 4.09. The van der Waals surface area contributed by atoms with Gasteiger partial charge < -0.3 is 15.2 Å². The molecule has 2 N–H and O–H groups in total. The maximum absolute atomic E-state index is 14.5. The van der Waals surface area contributed by atoms with Crippen LogP contribution in [0.2, 0.25) is 5.02 Å². The van der Waals surface area contributed by atoms with Gasteiger partial charge in [0.2, 0.25) is 0 Å². The largest absolute Gasteiger partial charge is 0.489 e. The highest BCUT2D eigenvalue weighted by Crippen LogP contribution is 2.57. The second kappa shape index (κ2) is 4.53. The fourth-order valence-electron chi connectivity index (χ4n) is 2.76. The van der Waals surface area contributed by atoms with E-state index in [1.54, 1.807) is 0 Å². The molecule has 1 atom stereocenters. The predicted octanol–water partition coefficient (Wildman–Crippen LogP) is 3.02. The van der Waals surface area contributed by atoms with Crippen molar-refractivity contribution in [2.24, 2.45) is 5.73 Å². The van der Waals surface area contributed by atoms with Crippen LogP contribution in [0, 0.1) is 5.82 Å². The summed E-state index contributed by atoms with van der Waals surface area (Å²) >= 11 is 5.99. The van der Waals surface area contributed by atoms with Gasteiger partial charge in [0.1, 0.15) is 5.82 Å². The summed E-state index contributed by atoms with van der Waals surface area (Å²) in [5, 5.41) is 0.0752. The molecule has 0 aromatic heterocycles. The molecule has 5 heteroatoms. The van der Waals surface area contributed by atoms with Crippen molar-refractivity contribution in [3.63, 3.8) is 0 Å². The molecule has 3 rings (SSSR count). The Hall–Kier alpha value is -1.00. The highest BCUT2D eigenvalue weighted by Gasteiger charge is 2.52. The molecule has 1 heterocycles. The third kappa shape index (κ3) is 1.98. The molecule has 0 amide bonds. The smallest absolute Gasteiger partial charge is 0.168 e. The lowest BCUT2D eigenvalue weighted by molar-refractivity contribution is 0.294. The van der Waals surface area contributed by atoms with Crippen molar-refractivity contribution in [2.75, 3.05) is 13.2 Å². The fourth-order valence-corrected chi connectivity index (χ4v) is 2.96. The number of hydrogen-bond acceptors (Lipinski definition) is 3. The molecule has 0 bridgehead atoms. The van der Waals surface area contributed by atoms with Crippen molar-refractivity contribution in [3.8, 4) is 11.5 Å². The lowest BCUT2D eigenvalue weighted by atomic mass is 9.88. The molecule has 1 saturated carbocycles. The van der Waals surface area contributed by atoms with Gasteiger partial charge in [0.05, 0.1) is 18.2 Å². The molecule has 104 valence electrons. The Kier molecular flexibility index (Phi) is 3.10. The Morgan fingerprint density at radius 2 is 2.05 bits per heavy atom. The molecule has 1 aromatic carbocycles. The van der Waals surface area contributed by atoms with Crippen molar-refractivity contribution in [1.29, 1.82) is 0 Å². The van der Waals surface area contributed by atoms with Crippen LogP contribution < -0.4 is 15.2 Å². The molecule has 1 fully saturated rings. The van der Waals surface area contributed by atoms with Crippen LogP contribution in [0.3, 0.4) is 0 Å². The van der Waals surface area contributed by atoms with Gasteiger partial charge in [-0.2, -0.15) is 0 Å². The lowest BCUT2D eigenvalue weighted by Crippen LogP contribution is -2.33. The zero-order valence-corrected chi connectivity index (χ0v) is 11.6. The van der Waals surface area contributed by atoms with E-state index in [-0.39, 0.29) is 16.5 Å². The first-order valence-electron chi connectivity index (χ1n) is 6.60. The number of rotatable bonds is 2. The summed E-state index contributed by atoms with van der Waals surface area (Å²) in [4.78, 5) is 0. The molecule has 2 aliphatic rings. The highest BCUT2D eigenvalue weighted by atomic mass is 35.5. The second-order valence-electron chi connectivity index (χ2n) is 5.37. The molecule has 1 aliphatic carbocycles. The molecular weight excluding hydrogens is 269 g/mol. The SMILES string of the molecule is CC(N)C1(c2c(F)c(Cl)cc3c2OCCCO3)CC1. The third-order valence-corrected chi connectivity index (χ3v) is 4.36. The summed E-state index contributed by atoms with van der Waals surface area (Å²) in [7, 11) is 0. The van der Waals surface area contributed by atoms with E-state index in [0.717, 1.165) is 19.3 Å². The number of hydrogen-bond donors (Lipinski definition) is 1. The Bertz CT molecular complexity index is 515. The van der Waals surface area contributed by atoms with Crippen LogP contribution in [0.4, 0.5) is 4.39 Å². The molecule has 0 saturated heterocycles. The molecule has 1 unspecified atom stereocenters. The van der Waals surface area contributed by atoms with Gasteiger partial charge in [-0.25, -0.2) is 4.39 Å². The predicted molar refractivity (Wildman–Crippen MR) is 71.6 cm³/mol. The Morgan fingerprint density at radius 1 is 1.37 bits per heavy atom. The van der Waals surface area contributed by atoms with E-state index in [4.69, 9.17) is 26.8 Å². The number of nitrogens with two attached hydrogens (primary N) is 1. The van der Waals surface area contributed by atoms with E-state index in [1.807, 2.05) is 6.92 Å². The molecule has 19 heavy (non-hydrogen) atoms. The molecule has 1 aromatic rings. The number of benzene rings is 1. The van der Waals surface area contributed by atoms with Crippen LogP contribution in [-0.2, 0) is 5.41 Å². The first-order chi connectivity index (χ1) is 9.06. The van der Waals surface area contributed by atoms with Crippen molar-refractivity contribution in [1.82, 2.24) is 0 Å². The minimum absolute atomic E-state index is 0.0752. The first-order valence-corrected chi connectivity index (χ1v) is 6.98. The normalized spacial score (nSPS) is 21.7. The average molecular weight is 286 g/mol. The molecular formula is C14H17ClFNO2. The summed E-state index contributed by atoms with van der Waals surface area (Å²) in [5.74, 6) is 0.612. The zero-order chi connectivity index (χ0) is 13.6. The molecule has 0 radical (unpaired) electrons. The van der Waals surface area contributed by atoms with E-state index in [2.05, 4.69) is 0 Å². The van der Waals surface area contributed by atoms with Gasteiger partial charge in [-0.1, -0.05) is 11.6 Å². The monoisotopic (exact) mass is 285 g/mol. The summed E-state index contributed by atoms with van der Waals surface area (Å²) < 4.78 is 25.8. The van der Waals surface area contributed by atoms with Gasteiger partial charge in [-0.05, 0) is 19.8 Å². The lowest BCUT2D eigenvalue weighted by Gasteiger charge is -2.24. The van der Waals surface area contributed by atoms with Crippen molar-refractivity contribution in [2.45, 2.75) is 37.6 Å². The van der Waals surface area contributed by atoms with Crippen molar-refractivity contribution in [3.05, 3.63) is 22.5 Å². The van der Waals surface area contributed by atoms with E-state index in [9.17, 15) is 4.39 Å². The van der Waals surface area contributed by atoms with Gasteiger partial charge in [-0.15, -0.1) is 0 Å². The van der Waals surface area contributed by atoms with Gasteiger partial charge >= 0.3 is 0 Å². The van der Waals surface area contributed by atoms with Crippen LogP contribution >= 0.6 is 11.6 Å². The summed E-state index contributed by atoms with van der Waals surface area (Å²) in [6, 6.07) is 1.36. The van der Waals surface area contributed by atoms with E-state index in [0.29, 0.717) is 30.3 Å². The summed E-state index contributed by atoms with van der Waals surface area (Å²) in [5.41, 5.74) is 6.20. The van der Waals surface area contributed by atoms with Crippen LogP contribution in [0.25, 0.3) is 0 Å². The standard InChI is InChI=1S/C14H17ClFNO2/c1-8(17)14(3-4-14)11-12(16)9(15)7-10-13(11)19-6-2-5-18-10/h7-8H,2-6,17H2,1H3. The molecule has 3 nitrogen and oxygen atoms in total. The van der Waals surface area contributed by atoms with E-state index < -0.39 is 5.82 Å². The van der Waals surface area contributed by atoms with Gasteiger partial charge in [-0.3, -0.25) is 0 Å². The van der Waals surface area contributed by atoms with E-state index in [1.165, 1.54) is 6.07 Å². The minimum Gasteiger partial charge on any atom is -0.489 e. The first kappa shape index (κ1) is 13.0. The van der Waals surface area contributed by atoms with Gasteiger partial charge in [0.25, 0.3) is 0 Å². The van der Waals surface area contributed by atoms with Crippen LogP contribution in [0.5, 0.6) is 11.5 Å². The summed E-state index contributed by atoms with van der Waals surface area (Å²) in [6.45, 7) is 2.98. The minimum atomic E-state index is -0.416. The number of ether oxygens (including phenoxy) is 2. The van der Waals surface area contributed by atoms with Crippen molar-refractivity contribution >= 4 is 11.6 Å². The van der Waals surface area contributed by atoms with E-state index >= 15 is 0 Å². The Balaban J connectivity index is 2.19. The fraction of sp³-hybridized carbons (Fsp3) is 0.571. The highest BCUT2D eigenvalue weighted by molar-refractivity contribution is 6.31. The van der Waals surface area contributed by atoms with Gasteiger partial charge in [0, 0.05) is 29.5 Å². The van der Waals surface area contributed by atoms with Crippen LogP contribution in [0.15, 0.2) is 6.07 Å². The second-order valence-corrected chi connectivity index (χ2v) is 5.78. The topological polar surface area (TPSA) is 44.5 Å². The number of halogens is 2. The molecule has 1 aliphatic heterocycles. The van der Waals surface area contributed by atoms with Gasteiger partial charge in [0.15, 0.2) is 11.5 Å². The van der Waals surface area contributed by atoms with Crippen LogP contribution in [-0.4, -0.2) is 19.3 Å². The maximum Gasteiger partial charge on any atom is 0.168 e. The molecule has 0 spiro atoms. The average Bonchev–Trinajstić information content (AvgIpc) is 3.15. The quantitative estimate of drug-likeness (QED) is 0.908. The Morgan fingerprint density at radius 3 is 2.68 bits per heavy atom. The Labute approximate surface area is 116 Å². The zero-order valence-electron chi connectivity index (χ0n) is 10.8. The summed E-state index contributed by atoms with van der Waals surface area (Å²) in [6.07, 6.45) is 2.49. The van der Waals surface area contributed by atoms with Crippen molar-refractivity contribution < 1.29 is 13.9 Å². The maximum atomic E-state index is 14.5. The number of fused-ring (bicyclic) bond motifs is 1.